The lowest BCUT2D eigenvalue weighted by molar-refractivity contribution is -0.135. The van der Waals surface area contributed by atoms with Gasteiger partial charge in [0.15, 0.2) is 0 Å². The number of para-hydroxylation sites is 1. The molecule has 2 aliphatic heterocycles. The highest BCUT2D eigenvalue weighted by molar-refractivity contribution is 5.78. The van der Waals surface area contributed by atoms with Crippen LogP contribution in [0.5, 0.6) is 0 Å². The molecule has 7 heteroatoms. The minimum atomic E-state index is -0.533. The highest BCUT2D eigenvalue weighted by Gasteiger charge is 2.48. The van der Waals surface area contributed by atoms with Crippen molar-refractivity contribution in [3.8, 4) is 0 Å². The number of aromatic nitrogens is 2. The van der Waals surface area contributed by atoms with Crippen LogP contribution < -0.4 is 5.32 Å². The van der Waals surface area contributed by atoms with E-state index in [9.17, 15) is 4.79 Å². The van der Waals surface area contributed by atoms with Crippen LogP contribution in [-0.4, -0.2) is 47.6 Å². The SMILES string of the molecule is COCC(=O)N1CCC2(C1)OCc1cnc(Nc3ccccc3)nc12. The van der Waals surface area contributed by atoms with E-state index in [-0.39, 0.29) is 12.5 Å². The van der Waals surface area contributed by atoms with E-state index >= 15 is 0 Å². The molecule has 1 aromatic heterocycles. The monoisotopic (exact) mass is 340 g/mol. The number of rotatable bonds is 4. The second kappa shape index (κ2) is 6.42. The number of hydrogen-bond donors (Lipinski definition) is 1. The Morgan fingerprint density at radius 1 is 1.40 bits per heavy atom. The van der Waals surface area contributed by atoms with Crippen molar-refractivity contribution >= 4 is 17.5 Å². The van der Waals surface area contributed by atoms with Crippen molar-refractivity contribution in [2.75, 3.05) is 32.1 Å². The van der Waals surface area contributed by atoms with Crippen LogP contribution in [0.15, 0.2) is 36.5 Å². The van der Waals surface area contributed by atoms with Crippen LogP contribution in [0.3, 0.4) is 0 Å². The van der Waals surface area contributed by atoms with Gasteiger partial charge in [-0.15, -0.1) is 0 Å². The zero-order chi connectivity index (χ0) is 17.3. The van der Waals surface area contributed by atoms with Crippen LogP contribution >= 0.6 is 0 Å². The summed E-state index contributed by atoms with van der Waals surface area (Å²) in [6, 6.07) is 9.79. The molecule has 0 bridgehead atoms. The number of methoxy groups -OCH3 is 1. The van der Waals surface area contributed by atoms with E-state index < -0.39 is 5.60 Å². The molecular formula is C18H20N4O3. The standard InChI is InChI=1S/C18H20N4O3/c1-24-11-15(23)22-8-7-18(12-22)16-13(10-25-18)9-19-17(21-16)20-14-5-3-2-4-6-14/h2-6,9H,7-8,10-12H2,1H3,(H,19,20,21). The van der Waals surface area contributed by atoms with Gasteiger partial charge in [0.2, 0.25) is 11.9 Å². The number of fused-ring (bicyclic) bond motifs is 2. The van der Waals surface area contributed by atoms with Gasteiger partial charge in [-0.05, 0) is 12.1 Å². The number of carbonyl (C=O) groups excluding carboxylic acids is 1. The summed E-state index contributed by atoms with van der Waals surface area (Å²) < 4.78 is 11.0. The molecule has 0 saturated carbocycles. The number of nitrogens with zero attached hydrogens (tertiary/aromatic N) is 3. The molecule has 130 valence electrons. The van der Waals surface area contributed by atoms with Crippen molar-refractivity contribution in [1.29, 1.82) is 0 Å². The fourth-order valence-corrected chi connectivity index (χ4v) is 3.42. The van der Waals surface area contributed by atoms with Crippen LogP contribution in [0.4, 0.5) is 11.6 Å². The Kier molecular flexibility index (Phi) is 4.10. The van der Waals surface area contributed by atoms with E-state index in [0.717, 1.165) is 23.4 Å². The van der Waals surface area contributed by atoms with E-state index in [1.165, 1.54) is 7.11 Å². The lowest BCUT2D eigenvalue weighted by atomic mass is 9.98. The molecule has 2 aliphatic rings. The van der Waals surface area contributed by atoms with E-state index in [4.69, 9.17) is 14.5 Å². The number of benzene rings is 1. The summed E-state index contributed by atoms with van der Waals surface area (Å²) in [6.07, 6.45) is 2.54. The molecule has 3 heterocycles. The first-order valence-electron chi connectivity index (χ1n) is 8.29. The van der Waals surface area contributed by atoms with Crippen LogP contribution in [0.1, 0.15) is 17.7 Å². The number of carbonyl (C=O) groups is 1. The van der Waals surface area contributed by atoms with Gasteiger partial charge in [0, 0.05) is 37.5 Å². The second-order valence-electron chi connectivity index (χ2n) is 6.34. The van der Waals surface area contributed by atoms with Gasteiger partial charge >= 0.3 is 0 Å². The van der Waals surface area contributed by atoms with Crippen molar-refractivity contribution < 1.29 is 14.3 Å². The Hall–Kier alpha value is -2.51. The Morgan fingerprint density at radius 2 is 2.24 bits per heavy atom. The fourth-order valence-electron chi connectivity index (χ4n) is 3.42. The minimum absolute atomic E-state index is 0.0203. The molecule has 0 aliphatic carbocycles. The first kappa shape index (κ1) is 16.0. The second-order valence-corrected chi connectivity index (χ2v) is 6.34. The molecule has 4 rings (SSSR count). The van der Waals surface area contributed by atoms with Gasteiger partial charge in [0.25, 0.3) is 0 Å². The molecule has 1 unspecified atom stereocenters. The van der Waals surface area contributed by atoms with E-state index in [1.54, 1.807) is 4.90 Å². The smallest absolute Gasteiger partial charge is 0.248 e. The molecular weight excluding hydrogens is 320 g/mol. The maximum atomic E-state index is 12.1. The van der Waals surface area contributed by atoms with E-state index in [2.05, 4.69) is 10.3 Å². The molecule has 1 fully saturated rings. The number of hydrogen-bond acceptors (Lipinski definition) is 6. The number of ether oxygens (including phenoxy) is 2. The van der Waals surface area contributed by atoms with Gasteiger partial charge in [-0.25, -0.2) is 9.97 Å². The molecule has 7 nitrogen and oxygen atoms in total. The zero-order valence-corrected chi connectivity index (χ0v) is 14.1. The van der Waals surface area contributed by atoms with E-state index in [0.29, 0.717) is 25.6 Å². The maximum absolute atomic E-state index is 12.1. The van der Waals surface area contributed by atoms with Gasteiger partial charge in [0.1, 0.15) is 12.2 Å². The average molecular weight is 340 g/mol. The summed E-state index contributed by atoms with van der Waals surface area (Å²) in [5.74, 6) is 0.518. The van der Waals surface area contributed by atoms with Gasteiger partial charge in [-0.2, -0.15) is 0 Å². The molecule has 0 radical (unpaired) electrons. The number of anilines is 2. The Morgan fingerprint density at radius 3 is 3.04 bits per heavy atom. The molecule has 1 aromatic carbocycles. The lowest BCUT2D eigenvalue weighted by Crippen LogP contribution is -2.36. The molecule has 1 N–H and O–H groups in total. The minimum Gasteiger partial charge on any atom is -0.375 e. The van der Waals surface area contributed by atoms with Crippen LogP contribution in [0.25, 0.3) is 0 Å². The van der Waals surface area contributed by atoms with Gasteiger partial charge in [-0.1, -0.05) is 18.2 Å². The quantitative estimate of drug-likeness (QED) is 0.915. The van der Waals surface area contributed by atoms with Crippen LogP contribution in [0, 0.1) is 0 Å². The summed E-state index contributed by atoms with van der Waals surface area (Å²) in [4.78, 5) is 23.0. The van der Waals surface area contributed by atoms with Crippen molar-refractivity contribution in [3.05, 3.63) is 47.8 Å². The normalized spacial score (nSPS) is 21.6. The highest BCUT2D eigenvalue weighted by Crippen LogP contribution is 2.42. The van der Waals surface area contributed by atoms with Crippen molar-refractivity contribution in [2.45, 2.75) is 18.6 Å². The lowest BCUT2D eigenvalue weighted by Gasteiger charge is -2.24. The number of likely N-dealkylation sites (tertiary alicyclic amines) is 1. The summed E-state index contributed by atoms with van der Waals surface area (Å²) in [6.45, 7) is 1.72. The summed E-state index contributed by atoms with van der Waals surface area (Å²) >= 11 is 0. The molecule has 1 atom stereocenters. The third-order valence-electron chi connectivity index (χ3n) is 4.68. The fraction of sp³-hybridized carbons (Fsp3) is 0.389. The predicted molar refractivity (Wildman–Crippen MR) is 91.3 cm³/mol. The largest absolute Gasteiger partial charge is 0.375 e. The van der Waals surface area contributed by atoms with Crippen molar-refractivity contribution in [1.82, 2.24) is 14.9 Å². The summed E-state index contributed by atoms with van der Waals surface area (Å²) in [5.41, 5.74) is 2.27. The molecule has 1 saturated heterocycles. The van der Waals surface area contributed by atoms with Gasteiger partial charge in [-0.3, -0.25) is 4.79 Å². The summed E-state index contributed by atoms with van der Waals surface area (Å²) in [7, 11) is 1.53. The molecule has 25 heavy (non-hydrogen) atoms. The first-order valence-corrected chi connectivity index (χ1v) is 8.29. The highest BCUT2D eigenvalue weighted by atomic mass is 16.5. The molecule has 1 amide bonds. The van der Waals surface area contributed by atoms with Crippen molar-refractivity contribution in [2.24, 2.45) is 0 Å². The molecule has 2 aromatic rings. The van der Waals surface area contributed by atoms with Crippen LogP contribution in [0.2, 0.25) is 0 Å². The van der Waals surface area contributed by atoms with Crippen molar-refractivity contribution in [3.63, 3.8) is 0 Å². The van der Waals surface area contributed by atoms with Gasteiger partial charge in [0.05, 0.1) is 18.8 Å². The number of amides is 1. The summed E-state index contributed by atoms with van der Waals surface area (Å²) in [5, 5.41) is 3.22. The topological polar surface area (TPSA) is 76.6 Å². The third kappa shape index (κ3) is 2.96. The zero-order valence-electron chi connectivity index (χ0n) is 14.1. The predicted octanol–water partition coefficient (Wildman–Crippen LogP) is 1.82. The Balaban J connectivity index is 1.57. The average Bonchev–Trinajstić information content (AvgIpc) is 3.22. The molecule has 1 spiro atoms. The Labute approximate surface area is 146 Å². The third-order valence-corrected chi connectivity index (χ3v) is 4.68. The van der Waals surface area contributed by atoms with E-state index in [1.807, 2.05) is 36.5 Å². The maximum Gasteiger partial charge on any atom is 0.248 e. The van der Waals surface area contributed by atoms with Gasteiger partial charge < -0.3 is 19.7 Å². The van der Waals surface area contributed by atoms with Crippen LogP contribution in [-0.2, 0) is 26.5 Å². The Bertz CT molecular complexity index is 783. The number of nitrogens with one attached hydrogen (secondary N) is 1. The first-order chi connectivity index (χ1) is 12.2.